The van der Waals surface area contributed by atoms with E-state index in [4.69, 9.17) is 0 Å². The lowest BCUT2D eigenvalue weighted by atomic mass is 10.00. The molecule has 2 aliphatic rings. The minimum absolute atomic E-state index is 0.00209. The van der Waals surface area contributed by atoms with Crippen molar-refractivity contribution in [3.8, 4) is 11.3 Å². The van der Waals surface area contributed by atoms with Crippen LogP contribution in [0.1, 0.15) is 29.2 Å². The zero-order valence-corrected chi connectivity index (χ0v) is 20.1. The lowest BCUT2D eigenvalue weighted by molar-refractivity contribution is -0.131. The Morgan fingerprint density at radius 3 is 2.89 bits per heavy atom. The molecule has 0 radical (unpaired) electrons. The van der Waals surface area contributed by atoms with Gasteiger partial charge in [-0.1, -0.05) is 30.3 Å². The van der Waals surface area contributed by atoms with E-state index < -0.39 is 0 Å². The molecule has 35 heavy (non-hydrogen) atoms. The molecule has 182 valence electrons. The molecule has 0 aliphatic carbocycles. The number of likely N-dealkylation sites (tertiary alicyclic amines) is 1. The molecule has 3 heterocycles. The number of carbonyl (C=O) groups is 2. The van der Waals surface area contributed by atoms with Crippen LogP contribution in [0.5, 0.6) is 0 Å². The number of β-amino-alcohol motifs (C(OH)–C–C–N with tert-alkyl or cyclic N) is 1. The fourth-order valence-electron chi connectivity index (χ4n) is 4.99. The van der Waals surface area contributed by atoms with Gasteiger partial charge < -0.3 is 19.9 Å². The number of rotatable bonds is 7. The molecule has 3 aromatic rings. The zero-order valence-electron chi connectivity index (χ0n) is 20.1. The van der Waals surface area contributed by atoms with Crippen molar-refractivity contribution in [2.75, 3.05) is 32.0 Å². The maximum absolute atomic E-state index is 13.4. The van der Waals surface area contributed by atoms with Crippen LogP contribution >= 0.6 is 0 Å². The summed E-state index contributed by atoms with van der Waals surface area (Å²) in [6.45, 7) is 2.07. The van der Waals surface area contributed by atoms with Crippen molar-refractivity contribution in [1.29, 1.82) is 0 Å². The molecule has 1 saturated heterocycles. The first-order valence-corrected chi connectivity index (χ1v) is 12.0. The summed E-state index contributed by atoms with van der Waals surface area (Å²) < 4.78 is 1.92. The summed E-state index contributed by atoms with van der Waals surface area (Å²) in [4.78, 5) is 33.6. The Bertz CT molecular complexity index is 1250. The van der Waals surface area contributed by atoms with Crippen LogP contribution in [0.3, 0.4) is 0 Å². The first kappa shape index (κ1) is 23.3. The smallest absolute Gasteiger partial charge is 0.228 e. The lowest BCUT2D eigenvalue weighted by Crippen LogP contribution is -2.39. The van der Waals surface area contributed by atoms with Crippen molar-refractivity contribution >= 4 is 17.5 Å². The number of carbonyl (C=O) groups excluding carboxylic acids is 2. The number of nitrogens with zero attached hydrogens (tertiary/aromatic N) is 4. The Labute approximate surface area is 205 Å². The van der Waals surface area contributed by atoms with Gasteiger partial charge in [0.1, 0.15) is 0 Å². The summed E-state index contributed by atoms with van der Waals surface area (Å²) in [5.74, 6) is -0.0106. The van der Waals surface area contributed by atoms with Gasteiger partial charge in [-0.3, -0.25) is 14.5 Å². The predicted octanol–water partition coefficient (Wildman–Crippen LogP) is 2.39. The molecule has 8 nitrogen and oxygen atoms in total. The van der Waals surface area contributed by atoms with Crippen LogP contribution in [0.2, 0.25) is 0 Å². The van der Waals surface area contributed by atoms with Crippen molar-refractivity contribution in [2.24, 2.45) is 7.05 Å². The van der Waals surface area contributed by atoms with Gasteiger partial charge in [0.2, 0.25) is 11.8 Å². The summed E-state index contributed by atoms with van der Waals surface area (Å²) in [6, 6.07) is 13.8. The lowest BCUT2D eigenvalue weighted by Gasteiger charge is -2.32. The molecule has 1 fully saturated rings. The average Bonchev–Trinajstić information content (AvgIpc) is 3.56. The van der Waals surface area contributed by atoms with Crippen LogP contribution in [-0.2, 0) is 29.5 Å². The van der Waals surface area contributed by atoms with Crippen molar-refractivity contribution < 1.29 is 14.7 Å². The SMILES string of the molecule is CN(C(=O)Cc1ccc2c(c1)NC(=O)C2)C(CN1CC[C@H](O)C1)c1cccc(-c2cn(C)cn2)c1. The fourth-order valence-corrected chi connectivity index (χ4v) is 4.99. The average molecular weight is 474 g/mol. The molecule has 0 saturated carbocycles. The topological polar surface area (TPSA) is 90.7 Å². The van der Waals surface area contributed by atoms with Crippen LogP contribution in [-0.4, -0.2) is 69.1 Å². The molecule has 2 aromatic carbocycles. The minimum atomic E-state index is -0.321. The second-order valence-corrected chi connectivity index (χ2v) is 9.67. The van der Waals surface area contributed by atoms with Gasteiger partial charge in [0.05, 0.1) is 37.0 Å². The van der Waals surface area contributed by atoms with Gasteiger partial charge in [-0.15, -0.1) is 0 Å². The molecule has 2 amide bonds. The Balaban J connectivity index is 1.39. The van der Waals surface area contributed by atoms with E-state index in [1.807, 2.05) is 60.1 Å². The van der Waals surface area contributed by atoms with E-state index in [0.717, 1.165) is 46.6 Å². The molecule has 2 N–H and O–H groups in total. The third-order valence-electron chi connectivity index (χ3n) is 6.97. The third kappa shape index (κ3) is 5.13. The van der Waals surface area contributed by atoms with E-state index >= 15 is 0 Å². The molecule has 2 atom stereocenters. The highest BCUT2D eigenvalue weighted by atomic mass is 16.3. The van der Waals surface area contributed by atoms with Crippen molar-refractivity contribution in [3.63, 3.8) is 0 Å². The first-order valence-electron chi connectivity index (χ1n) is 12.0. The number of hydrogen-bond acceptors (Lipinski definition) is 5. The number of aryl methyl sites for hydroxylation is 1. The van der Waals surface area contributed by atoms with Gasteiger partial charge in [-0.25, -0.2) is 4.98 Å². The van der Waals surface area contributed by atoms with Gasteiger partial charge in [-0.2, -0.15) is 0 Å². The molecule has 1 aromatic heterocycles. The maximum Gasteiger partial charge on any atom is 0.228 e. The molecule has 0 spiro atoms. The maximum atomic E-state index is 13.4. The standard InChI is InChI=1S/C27H31N5O3/c1-30-15-24(28-17-30)19-4-3-5-21(12-19)25(16-32-9-8-22(33)14-32)31(2)27(35)11-18-6-7-20-13-26(34)29-23(20)10-18/h3-7,10,12,15,17,22,25,33H,8-9,11,13-14,16H2,1-2H3,(H,29,34)/t22-,25?/m0/s1. The second-order valence-electron chi connectivity index (χ2n) is 9.67. The van der Waals surface area contributed by atoms with Crippen LogP contribution < -0.4 is 5.32 Å². The molecule has 1 unspecified atom stereocenters. The van der Waals surface area contributed by atoms with Gasteiger partial charge in [0.25, 0.3) is 0 Å². The number of aromatic nitrogens is 2. The van der Waals surface area contributed by atoms with Gasteiger partial charge in [0.15, 0.2) is 0 Å². The van der Waals surface area contributed by atoms with E-state index in [1.54, 1.807) is 6.33 Å². The Morgan fingerprint density at radius 2 is 2.14 bits per heavy atom. The first-order chi connectivity index (χ1) is 16.9. The van der Waals surface area contributed by atoms with Gasteiger partial charge in [0, 0.05) is 51.2 Å². The zero-order chi connectivity index (χ0) is 24.5. The Morgan fingerprint density at radius 1 is 1.29 bits per heavy atom. The van der Waals surface area contributed by atoms with E-state index in [0.29, 0.717) is 19.5 Å². The molecule has 0 bridgehead atoms. The predicted molar refractivity (Wildman–Crippen MR) is 134 cm³/mol. The summed E-state index contributed by atoms with van der Waals surface area (Å²) in [6.07, 6.45) is 4.82. The van der Waals surface area contributed by atoms with Gasteiger partial charge >= 0.3 is 0 Å². The second kappa shape index (κ2) is 9.64. The monoisotopic (exact) mass is 473 g/mol. The number of imidazole rings is 1. The number of nitrogens with one attached hydrogen (secondary N) is 1. The summed E-state index contributed by atoms with van der Waals surface area (Å²) in [7, 11) is 3.79. The quantitative estimate of drug-likeness (QED) is 0.550. The summed E-state index contributed by atoms with van der Waals surface area (Å²) >= 11 is 0. The number of fused-ring (bicyclic) bond motifs is 1. The number of benzene rings is 2. The Kier molecular flexibility index (Phi) is 6.40. The molecule has 5 rings (SSSR count). The van der Waals surface area contributed by atoms with E-state index in [2.05, 4.69) is 27.3 Å². The molecular weight excluding hydrogens is 442 g/mol. The highest BCUT2D eigenvalue weighted by Crippen LogP contribution is 2.29. The van der Waals surface area contributed by atoms with E-state index in [1.165, 1.54) is 0 Å². The molecule has 8 heteroatoms. The normalized spacial score (nSPS) is 18.4. The van der Waals surface area contributed by atoms with E-state index in [9.17, 15) is 14.7 Å². The van der Waals surface area contributed by atoms with Crippen LogP contribution in [0.4, 0.5) is 5.69 Å². The van der Waals surface area contributed by atoms with Crippen molar-refractivity contribution in [3.05, 3.63) is 71.7 Å². The van der Waals surface area contributed by atoms with Crippen LogP contribution in [0, 0.1) is 0 Å². The Hall–Kier alpha value is -3.49. The van der Waals surface area contributed by atoms with Crippen LogP contribution in [0.25, 0.3) is 11.3 Å². The third-order valence-corrected chi connectivity index (χ3v) is 6.97. The summed E-state index contributed by atoms with van der Waals surface area (Å²) in [5, 5.41) is 12.9. The highest BCUT2D eigenvalue weighted by molar-refractivity contribution is 5.99. The number of anilines is 1. The molecular formula is C27H31N5O3. The fraction of sp³-hybridized carbons (Fsp3) is 0.370. The molecule has 2 aliphatic heterocycles. The minimum Gasteiger partial charge on any atom is -0.392 e. The van der Waals surface area contributed by atoms with Gasteiger partial charge in [-0.05, 0) is 35.2 Å². The number of likely N-dealkylation sites (N-methyl/N-ethyl adjacent to an activating group) is 1. The largest absolute Gasteiger partial charge is 0.392 e. The van der Waals surface area contributed by atoms with Crippen LogP contribution in [0.15, 0.2) is 55.0 Å². The van der Waals surface area contributed by atoms with Crippen molar-refractivity contribution in [1.82, 2.24) is 19.4 Å². The number of aliphatic hydroxyl groups excluding tert-OH is 1. The summed E-state index contributed by atoms with van der Waals surface area (Å²) in [5.41, 5.74) is 5.57. The van der Waals surface area contributed by atoms with E-state index in [-0.39, 0.29) is 30.4 Å². The number of aliphatic hydroxyl groups is 1. The number of hydrogen-bond donors (Lipinski definition) is 2. The highest BCUT2D eigenvalue weighted by Gasteiger charge is 2.29. The number of amides is 2. The van der Waals surface area contributed by atoms with Crippen molar-refractivity contribution in [2.45, 2.75) is 31.4 Å².